The first-order valence-electron chi connectivity index (χ1n) is 11.9. The van der Waals surface area contributed by atoms with Gasteiger partial charge in [0.2, 0.25) is 15.9 Å². The number of rotatable bonds is 12. The first-order chi connectivity index (χ1) is 17.9. The molecule has 0 saturated carbocycles. The minimum Gasteiger partial charge on any atom is -0.415 e. The number of alkyl halides is 2. The first-order valence-corrected chi connectivity index (χ1v) is 13.5. The van der Waals surface area contributed by atoms with Crippen LogP contribution in [0.1, 0.15) is 30.4 Å². The molecule has 0 amide bonds. The van der Waals surface area contributed by atoms with Crippen LogP contribution in [0.3, 0.4) is 0 Å². The average molecular weight is 527 g/mol. The molecule has 1 aromatic heterocycles. The zero-order valence-electron chi connectivity index (χ0n) is 20.4. The Morgan fingerprint density at radius 2 is 1.46 bits per heavy atom. The highest BCUT2D eigenvalue weighted by molar-refractivity contribution is 7.92. The van der Waals surface area contributed by atoms with Gasteiger partial charge in [-0.2, -0.15) is 8.78 Å². The number of sulfonamides is 1. The van der Waals surface area contributed by atoms with Gasteiger partial charge in [-0.25, -0.2) is 8.42 Å². The standard InChI is InChI=1S/C27H28F2N4O3S/c1-2-32(19-21-9-5-3-6-10-21)17-18-37(34,35)33(24-11-7-4-8-12-24)20-22-13-15-23(16-14-22)26-30-31-27(36-26)25(28)29/h3-16,25H,2,17-20H2,1H3. The molecule has 0 N–H and O–H groups in total. The molecule has 1 heterocycles. The first kappa shape index (κ1) is 26.4. The largest absolute Gasteiger partial charge is 0.415 e. The fraction of sp³-hybridized carbons (Fsp3) is 0.259. The van der Waals surface area contributed by atoms with E-state index in [2.05, 4.69) is 15.1 Å². The molecule has 3 aromatic carbocycles. The molecule has 4 rings (SSSR count). The minimum absolute atomic E-state index is 0.0209. The van der Waals surface area contributed by atoms with E-state index in [0.717, 1.165) is 17.7 Å². The molecule has 0 unspecified atom stereocenters. The molecule has 194 valence electrons. The molecule has 4 aromatic rings. The van der Waals surface area contributed by atoms with Gasteiger partial charge in [-0.05, 0) is 41.9 Å². The Bertz CT molecular complexity index is 1370. The third kappa shape index (κ3) is 6.99. The van der Waals surface area contributed by atoms with E-state index < -0.39 is 22.3 Å². The van der Waals surface area contributed by atoms with E-state index in [1.807, 2.05) is 43.3 Å². The fourth-order valence-electron chi connectivity index (χ4n) is 3.85. The van der Waals surface area contributed by atoms with Gasteiger partial charge >= 0.3 is 6.43 Å². The molecule has 37 heavy (non-hydrogen) atoms. The maximum Gasteiger partial charge on any atom is 0.314 e. The summed E-state index contributed by atoms with van der Waals surface area (Å²) in [5, 5.41) is 7.00. The summed E-state index contributed by atoms with van der Waals surface area (Å²) in [4.78, 5) is 2.10. The summed E-state index contributed by atoms with van der Waals surface area (Å²) >= 11 is 0. The Balaban J connectivity index is 1.50. The van der Waals surface area contributed by atoms with E-state index in [1.165, 1.54) is 4.31 Å². The van der Waals surface area contributed by atoms with E-state index in [-0.39, 0.29) is 18.2 Å². The maximum absolute atomic E-state index is 13.6. The van der Waals surface area contributed by atoms with Crippen molar-refractivity contribution in [1.82, 2.24) is 15.1 Å². The highest BCUT2D eigenvalue weighted by atomic mass is 32.2. The van der Waals surface area contributed by atoms with E-state index in [1.54, 1.807) is 48.5 Å². The zero-order valence-corrected chi connectivity index (χ0v) is 21.2. The Morgan fingerprint density at radius 1 is 0.838 bits per heavy atom. The van der Waals surface area contributed by atoms with Crippen LogP contribution >= 0.6 is 0 Å². The van der Waals surface area contributed by atoms with E-state index in [4.69, 9.17) is 4.42 Å². The molecule has 0 fully saturated rings. The summed E-state index contributed by atoms with van der Waals surface area (Å²) < 4.78 is 59.0. The molecule has 0 aliphatic rings. The Kier molecular flexibility index (Phi) is 8.62. The lowest BCUT2D eigenvalue weighted by atomic mass is 10.1. The molecule has 10 heteroatoms. The lowest BCUT2D eigenvalue weighted by Gasteiger charge is -2.27. The van der Waals surface area contributed by atoms with Crippen LogP contribution in [-0.4, -0.2) is 42.4 Å². The highest BCUT2D eigenvalue weighted by Crippen LogP contribution is 2.25. The number of nitrogens with zero attached hydrogens (tertiary/aromatic N) is 4. The van der Waals surface area contributed by atoms with Crippen molar-refractivity contribution in [3.05, 3.63) is 102 Å². The summed E-state index contributed by atoms with van der Waals surface area (Å²) in [7, 11) is -3.67. The number of para-hydroxylation sites is 1. The van der Waals surface area contributed by atoms with Gasteiger partial charge in [-0.15, -0.1) is 10.2 Å². The van der Waals surface area contributed by atoms with Crippen LogP contribution in [0.4, 0.5) is 14.5 Å². The SMILES string of the molecule is CCN(CCS(=O)(=O)N(Cc1ccc(-c2nnc(C(F)F)o2)cc1)c1ccccc1)Cc1ccccc1. The van der Waals surface area contributed by atoms with Gasteiger partial charge in [0.25, 0.3) is 5.89 Å². The van der Waals surface area contributed by atoms with Gasteiger partial charge in [-0.1, -0.05) is 67.6 Å². The molecule has 0 aliphatic heterocycles. The van der Waals surface area contributed by atoms with Gasteiger partial charge in [0.05, 0.1) is 18.0 Å². The molecule has 0 radical (unpaired) electrons. The van der Waals surface area contributed by atoms with Crippen LogP contribution < -0.4 is 4.31 Å². The predicted molar refractivity (Wildman–Crippen MR) is 138 cm³/mol. The molecule has 0 bridgehead atoms. The molecular weight excluding hydrogens is 498 g/mol. The molecule has 0 atom stereocenters. The fourth-order valence-corrected chi connectivity index (χ4v) is 5.35. The van der Waals surface area contributed by atoms with Crippen LogP contribution in [0.15, 0.2) is 89.3 Å². The summed E-state index contributed by atoms with van der Waals surface area (Å²) in [6.45, 7) is 3.91. The number of hydrogen-bond donors (Lipinski definition) is 0. The normalized spacial score (nSPS) is 11.8. The number of halogens is 2. The summed E-state index contributed by atoms with van der Waals surface area (Å²) in [5.74, 6) is -0.805. The van der Waals surface area contributed by atoms with Crippen LogP contribution in [-0.2, 0) is 23.1 Å². The number of benzene rings is 3. The smallest absolute Gasteiger partial charge is 0.314 e. The average Bonchev–Trinajstić information content (AvgIpc) is 3.42. The highest BCUT2D eigenvalue weighted by Gasteiger charge is 2.24. The van der Waals surface area contributed by atoms with Crippen molar-refractivity contribution in [2.24, 2.45) is 0 Å². The monoisotopic (exact) mass is 526 g/mol. The lowest BCUT2D eigenvalue weighted by Crippen LogP contribution is -2.37. The third-order valence-corrected chi connectivity index (χ3v) is 7.61. The second kappa shape index (κ2) is 12.1. The van der Waals surface area contributed by atoms with Crippen molar-refractivity contribution in [2.75, 3.05) is 23.1 Å². The molecule has 7 nitrogen and oxygen atoms in total. The number of anilines is 1. The molecule has 0 saturated heterocycles. The third-order valence-electron chi connectivity index (χ3n) is 5.90. The van der Waals surface area contributed by atoms with Crippen molar-refractivity contribution in [3.63, 3.8) is 0 Å². The quantitative estimate of drug-likeness (QED) is 0.241. The Labute approximate surface area is 215 Å². The minimum atomic E-state index is -3.67. The second-order valence-corrected chi connectivity index (χ2v) is 10.5. The summed E-state index contributed by atoms with van der Waals surface area (Å²) in [6.07, 6.45) is -2.85. The molecule has 0 aliphatic carbocycles. The van der Waals surface area contributed by atoms with Crippen LogP contribution in [0.5, 0.6) is 0 Å². The van der Waals surface area contributed by atoms with Gasteiger partial charge in [-0.3, -0.25) is 9.21 Å². The Morgan fingerprint density at radius 3 is 2.05 bits per heavy atom. The summed E-state index contributed by atoms with van der Waals surface area (Å²) in [5.41, 5.74) is 2.89. The maximum atomic E-state index is 13.6. The van der Waals surface area contributed by atoms with Crippen LogP contribution in [0.25, 0.3) is 11.5 Å². The zero-order chi connectivity index (χ0) is 26.3. The topological polar surface area (TPSA) is 79.5 Å². The van der Waals surface area contributed by atoms with Crippen molar-refractivity contribution in [3.8, 4) is 11.5 Å². The van der Waals surface area contributed by atoms with Crippen molar-refractivity contribution in [2.45, 2.75) is 26.4 Å². The molecular formula is C27H28F2N4O3S. The van der Waals surface area contributed by atoms with Crippen molar-refractivity contribution >= 4 is 15.7 Å². The van der Waals surface area contributed by atoms with E-state index >= 15 is 0 Å². The van der Waals surface area contributed by atoms with E-state index in [9.17, 15) is 17.2 Å². The summed E-state index contributed by atoms with van der Waals surface area (Å²) in [6, 6.07) is 25.6. The van der Waals surface area contributed by atoms with Crippen molar-refractivity contribution in [1.29, 1.82) is 0 Å². The van der Waals surface area contributed by atoms with Crippen LogP contribution in [0, 0.1) is 0 Å². The molecule has 0 spiro atoms. The van der Waals surface area contributed by atoms with Gasteiger partial charge in [0.1, 0.15) is 0 Å². The van der Waals surface area contributed by atoms with Gasteiger partial charge in [0.15, 0.2) is 0 Å². The van der Waals surface area contributed by atoms with Gasteiger partial charge < -0.3 is 4.42 Å². The second-order valence-electron chi connectivity index (χ2n) is 8.46. The van der Waals surface area contributed by atoms with Crippen molar-refractivity contribution < 1.29 is 21.6 Å². The van der Waals surface area contributed by atoms with E-state index in [0.29, 0.717) is 24.3 Å². The number of aromatic nitrogens is 2. The predicted octanol–water partition coefficient (Wildman–Crippen LogP) is 5.53. The van der Waals surface area contributed by atoms with Crippen LogP contribution in [0.2, 0.25) is 0 Å². The van der Waals surface area contributed by atoms with Gasteiger partial charge in [0, 0.05) is 18.7 Å². The lowest BCUT2D eigenvalue weighted by molar-refractivity contribution is 0.116. The number of hydrogen-bond acceptors (Lipinski definition) is 6. The Hall–Kier alpha value is -3.63.